The molecule has 3 aliphatic rings. The number of carbonyl (C=O) groups excluding carboxylic acids is 1. The third kappa shape index (κ3) is 3.88. The largest absolute Gasteiger partial charge is 0.369 e. The smallest absolute Gasteiger partial charge is 0.243 e. The van der Waals surface area contributed by atoms with E-state index >= 15 is 0 Å². The molecule has 3 saturated heterocycles. The van der Waals surface area contributed by atoms with Gasteiger partial charge in [-0.3, -0.25) is 10.2 Å². The van der Waals surface area contributed by atoms with Crippen molar-refractivity contribution in [2.24, 2.45) is 0 Å². The number of likely N-dealkylation sites (N-methyl/N-ethyl adjacent to an activating group) is 1. The molecule has 0 radical (unpaired) electrons. The van der Waals surface area contributed by atoms with Gasteiger partial charge in [-0.25, -0.2) is 20.3 Å². The standard InChI is InChI=1S/C24H31FN6O/c1-3-16-6-5-9-19(25)24(16)31-21(32)15-20-23(28-31)22(27-26-20)17-7-4-8-18(14-17)30-12-10-29(2)11-13-30/h4-9,14,20,22-23,26-28H,3,10-13,15H2,1-2H3. The van der Waals surface area contributed by atoms with Gasteiger partial charge in [0.1, 0.15) is 5.82 Å². The average Bonchev–Trinajstić information content (AvgIpc) is 3.21. The van der Waals surface area contributed by atoms with Gasteiger partial charge in [0.25, 0.3) is 0 Å². The highest BCUT2D eigenvalue weighted by Gasteiger charge is 2.44. The first-order valence-electron chi connectivity index (χ1n) is 11.5. The molecule has 8 heteroatoms. The molecule has 3 N–H and O–H groups in total. The fourth-order valence-electron chi connectivity index (χ4n) is 5.01. The second-order valence-corrected chi connectivity index (χ2v) is 8.95. The molecule has 3 unspecified atom stereocenters. The van der Waals surface area contributed by atoms with Gasteiger partial charge >= 0.3 is 0 Å². The number of para-hydroxylation sites is 1. The number of piperazine rings is 1. The molecule has 0 saturated carbocycles. The molecule has 2 aromatic rings. The third-order valence-electron chi connectivity index (χ3n) is 6.91. The van der Waals surface area contributed by atoms with Crippen LogP contribution in [0, 0.1) is 5.82 Å². The molecule has 3 fully saturated rings. The second kappa shape index (κ2) is 8.78. The van der Waals surface area contributed by atoms with E-state index in [1.54, 1.807) is 6.07 Å². The summed E-state index contributed by atoms with van der Waals surface area (Å²) in [6.45, 7) is 6.10. The summed E-state index contributed by atoms with van der Waals surface area (Å²) in [7, 11) is 2.16. The number of nitrogens with one attached hydrogen (secondary N) is 3. The fourth-order valence-corrected chi connectivity index (χ4v) is 5.01. The van der Waals surface area contributed by atoms with E-state index in [4.69, 9.17) is 0 Å². The minimum atomic E-state index is -0.379. The lowest BCUT2D eigenvalue weighted by Crippen LogP contribution is -2.60. The van der Waals surface area contributed by atoms with Gasteiger partial charge in [-0.05, 0) is 42.8 Å². The molecular weight excluding hydrogens is 407 g/mol. The van der Waals surface area contributed by atoms with Gasteiger partial charge < -0.3 is 9.80 Å². The molecule has 0 aromatic heterocycles. The van der Waals surface area contributed by atoms with E-state index in [2.05, 4.69) is 57.4 Å². The normalized spacial score (nSPS) is 26.5. The summed E-state index contributed by atoms with van der Waals surface area (Å²) in [6.07, 6.45) is 0.955. The van der Waals surface area contributed by atoms with E-state index in [0.29, 0.717) is 18.5 Å². The summed E-state index contributed by atoms with van der Waals surface area (Å²) >= 11 is 0. The van der Waals surface area contributed by atoms with Crippen molar-refractivity contribution in [3.63, 3.8) is 0 Å². The molecular formula is C24H31FN6O. The summed E-state index contributed by atoms with van der Waals surface area (Å²) < 4.78 is 14.8. The predicted octanol–water partition coefficient (Wildman–Crippen LogP) is 1.97. The Morgan fingerprint density at radius 1 is 1.06 bits per heavy atom. The number of fused-ring (bicyclic) bond motifs is 1. The summed E-state index contributed by atoms with van der Waals surface area (Å²) in [4.78, 5) is 17.7. The second-order valence-electron chi connectivity index (χ2n) is 8.95. The first-order chi connectivity index (χ1) is 15.5. The number of rotatable bonds is 4. The highest BCUT2D eigenvalue weighted by molar-refractivity contribution is 5.94. The van der Waals surface area contributed by atoms with Crippen molar-refractivity contribution < 1.29 is 9.18 Å². The predicted molar refractivity (Wildman–Crippen MR) is 124 cm³/mol. The van der Waals surface area contributed by atoms with Crippen molar-refractivity contribution in [1.82, 2.24) is 21.2 Å². The fraction of sp³-hybridized carbons (Fsp3) is 0.458. The number of anilines is 2. The maximum atomic E-state index is 14.8. The van der Waals surface area contributed by atoms with Gasteiger partial charge in [0.15, 0.2) is 0 Å². The Bertz CT molecular complexity index is 992. The summed E-state index contributed by atoms with van der Waals surface area (Å²) in [5, 5.41) is 1.43. The van der Waals surface area contributed by atoms with Crippen LogP contribution >= 0.6 is 0 Å². The average molecular weight is 439 g/mol. The van der Waals surface area contributed by atoms with Crippen molar-refractivity contribution in [2.75, 3.05) is 43.1 Å². The van der Waals surface area contributed by atoms with Crippen LogP contribution in [-0.2, 0) is 11.2 Å². The maximum absolute atomic E-state index is 14.8. The molecule has 3 aliphatic heterocycles. The molecule has 3 heterocycles. The number of hydrogen-bond donors (Lipinski definition) is 3. The van der Waals surface area contributed by atoms with Gasteiger partial charge in [0.2, 0.25) is 5.91 Å². The SMILES string of the molecule is CCc1cccc(F)c1N1NC2C(CC1=O)NNC2c1cccc(N2CCN(C)CC2)c1. The van der Waals surface area contributed by atoms with E-state index in [1.165, 1.54) is 16.8 Å². The van der Waals surface area contributed by atoms with Gasteiger partial charge in [0.05, 0.1) is 17.8 Å². The zero-order valence-corrected chi connectivity index (χ0v) is 18.6. The number of hydrogen-bond acceptors (Lipinski definition) is 6. The Hall–Kier alpha value is -2.52. The van der Waals surface area contributed by atoms with Crippen molar-refractivity contribution in [3.05, 3.63) is 59.4 Å². The Labute approximate surface area is 188 Å². The summed E-state index contributed by atoms with van der Waals surface area (Å²) in [5.74, 6) is -0.511. The van der Waals surface area contributed by atoms with Crippen LogP contribution in [0.3, 0.4) is 0 Å². The highest BCUT2D eigenvalue weighted by atomic mass is 19.1. The van der Waals surface area contributed by atoms with E-state index in [0.717, 1.165) is 37.3 Å². The zero-order valence-electron chi connectivity index (χ0n) is 18.6. The van der Waals surface area contributed by atoms with Crippen LogP contribution in [-0.4, -0.2) is 56.1 Å². The molecule has 32 heavy (non-hydrogen) atoms. The number of benzene rings is 2. The Morgan fingerprint density at radius 2 is 1.84 bits per heavy atom. The number of hydrazine groups is 2. The monoisotopic (exact) mass is 438 g/mol. The Morgan fingerprint density at radius 3 is 2.62 bits per heavy atom. The van der Waals surface area contributed by atoms with Crippen molar-refractivity contribution in [2.45, 2.75) is 37.9 Å². The van der Waals surface area contributed by atoms with Crippen LogP contribution in [0.5, 0.6) is 0 Å². The first kappa shape index (κ1) is 21.3. The number of amides is 1. The van der Waals surface area contributed by atoms with E-state index in [-0.39, 0.29) is 29.8 Å². The van der Waals surface area contributed by atoms with Gasteiger partial charge in [0, 0.05) is 44.3 Å². The Balaban J connectivity index is 1.40. The van der Waals surface area contributed by atoms with Crippen molar-refractivity contribution in [3.8, 4) is 0 Å². The molecule has 170 valence electrons. The molecule has 1 amide bonds. The molecule has 0 spiro atoms. The zero-order chi connectivity index (χ0) is 22.2. The van der Waals surface area contributed by atoms with Crippen LogP contribution in [0.1, 0.15) is 30.5 Å². The Kier molecular flexibility index (Phi) is 5.86. The van der Waals surface area contributed by atoms with Crippen LogP contribution in [0.4, 0.5) is 15.8 Å². The molecule has 3 atom stereocenters. The maximum Gasteiger partial charge on any atom is 0.243 e. The molecule has 0 aliphatic carbocycles. The summed E-state index contributed by atoms with van der Waals surface area (Å²) in [6, 6.07) is 13.4. The lowest BCUT2D eigenvalue weighted by molar-refractivity contribution is -0.121. The molecule has 7 nitrogen and oxygen atoms in total. The first-order valence-corrected chi connectivity index (χ1v) is 11.5. The number of carbonyl (C=O) groups is 1. The van der Waals surface area contributed by atoms with E-state index in [1.807, 2.05) is 13.0 Å². The van der Waals surface area contributed by atoms with Crippen LogP contribution in [0.15, 0.2) is 42.5 Å². The van der Waals surface area contributed by atoms with Crippen LogP contribution in [0.2, 0.25) is 0 Å². The minimum Gasteiger partial charge on any atom is -0.369 e. The number of nitrogens with zero attached hydrogens (tertiary/aromatic N) is 3. The van der Waals surface area contributed by atoms with Gasteiger partial charge in [-0.2, -0.15) is 0 Å². The third-order valence-corrected chi connectivity index (χ3v) is 6.91. The van der Waals surface area contributed by atoms with Crippen molar-refractivity contribution >= 4 is 17.3 Å². The lowest BCUT2D eigenvalue weighted by atomic mass is 9.93. The van der Waals surface area contributed by atoms with Crippen molar-refractivity contribution in [1.29, 1.82) is 0 Å². The van der Waals surface area contributed by atoms with Gasteiger partial charge in [-0.15, -0.1) is 0 Å². The molecule has 5 rings (SSSR count). The summed E-state index contributed by atoms with van der Waals surface area (Å²) in [5.41, 5.74) is 13.5. The highest BCUT2D eigenvalue weighted by Crippen LogP contribution is 2.33. The van der Waals surface area contributed by atoms with Crippen LogP contribution in [0.25, 0.3) is 0 Å². The minimum absolute atomic E-state index is 0.0418. The number of aryl methyl sites for hydroxylation is 1. The topological polar surface area (TPSA) is 62.9 Å². The number of halogens is 1. The van der Waals surface area contributed by atoms with E-state index in [9.17, 15) is 9.18 Å². The van der Waals surface area contributed by atoms with Crippen LogP contribution < -0.4 is 26.2 Å². The quantitative estimate of drug-likeness (QED) is 0.679. The lowest BCUT2D eigenvalue weighted by Gasteiger charge is -2.38. The molecule has 2 aromatic carbocycles. The molecule has 0 bridgehead atoms. The van der Waals surface area contributed by atoms with E-state index < -0.39 is 0 Å². The van der Waals surface area contributed by atoms with Gasteiger partial charge in [-0.1, -0.05) is 31.2 Å².